The lowest BCUT2D eigenvalue weighted by atomic mass is 9.88. The van der Waals surface area contributed by atoms with Gasteiger partial charge in [0.2, 0.25) is 0 Å². The zero-order chi connectivity index (χ0) is 10.4. The summed E-state index contributed by atoms with van der Waals surface area (Å²) in [6.07, 6.45) is 1.75. The Bertz CT molecular complexity index is 283. The zero-order valence-electron chi connectivity index (χ0n) is 8.23. The summed E-state index contributed by atoms with van der Waals surface area (Å²) < 4.78 is 17.8. The van der Waals surface area contributed by atoms with Crippen LogP contribution in [0.1, 0.15) is 12.8 Å². The number of rotatable bonds is 4. The van der Waals surface area contributed by atoms with E-state index in [-0.39, 0.29) is 36.3 Å². The number of carbonyl (C=O) groups is 1. The van der Waals surface area contributed by atoms with Crippen molar-refractivity contribution in [1.29, 1.82) is 0 Å². The lowest BCUT2D eigenvalue weighted by Crippen LogP contribution is -2.38. The van der Waals surface area contributed by atoms with Gasteiger partial charge in [-0.2, -0.15) is 0 Å². The van der Waals surface area contributed by atoms with Crippen molar-refractivity contribution in [3.63, 3.8) is 0 Å². The van der Waals surface area contributed by atoms with E-state index < -0.39 is 0 Å². The second-order valence-electron chi connectivity index (χ2n) is 4.26. The third-order valence-corrected chi connectivity index (χ3v) is 4.13. The molecule has 84 valence electrons. The smallest absolute Gasteiger partial charge is 0.312 e. The van der Waals surface area contributed by atoms with Crippen LogP contribution in [0.4, 0.5) is 0 Å². The third-order valence-electron chi connectivity index (χ3n) is 3.37. The second-order valence-corrected chi connectivity index (χ2v) is 5.34. The van der Waals surface area contributed by atoms with Crippen LogP contribution in [0.3, 0.4) is 0 Å². The van der Waals surface area contributed by atoms with Gasteiger partial charge in [-0.15, -0.1) is 0 Å². The molecule has 0 spiro atoms. The summed E-state index contributed by atoms with van der Waals surface area (Å²) in [7, 11) is 0. The highest BCUT2D eigenvalue weighted by molar-refractivity contribution is 14.1. The number of fused-ring (bicyclic) bond motifs is 1. The van der Waals surface area contributed by atoms with Crippen molar-refractivity contribution >= 4 is 28.6 Å². The minimum Gasteiger partial charge on any atom is -0.456 e. The Morgan fingerprint density at radius 2 is 2.33 bits per heavy atom. The van der Waals surface area contributed by atoms with Crippen LogP contribution < -0.4 is 0 Å². The summed E-state index contributed by atoms with van der Waals surface area (Å²) in [6, 6.07) is 0. The van der Waals surface area contributed by atoms with E-state index in [0.717, 1.165) is 23.9 Å². The Balaban J connectivity index is 1.65. The van der Waals surface area contributed by atoms with Gasteiger partial charge in [-0.05, 0) is 12.8 Å². The Hall–Kier alpha value is 0.120. The van der Waals surface area contributed by atoms with Gasteiger partial charge in [-0.25, -0.2) is 0 Å². The van der Waals surface area contributed by atoms with Crippen LogP contribution in [-0.2, 0) is 19.0 Å². The van der Waals surface area contributed by atoms with Crippen molar-refractivity contribution in [2.24, 2.45) is 5.92 Å². The van der Waals surface area contributed by atoms with Crippen LogP contribution >= 0.6 is 22.6 Å². The molecule has 3 aliphatic heterocycles. The molecule has 3 fully saturated rings. The van der Waals surface area contributed by atoms with Crippen LogP contribution in [0.25, 0.3) is 0 Å². The SMILES string of the molecule is O=C1OC2C(OCCCI)C3CC1C2O3. The molecule has 5 unspecified atom stereocenters. The average Bonchev–Trinajstić information content (AvgIpc) is 2.81. The first-order valence-electron chi connectivity index (χ1n) is 5.35. The zero-order valence-corrected chi connectivity index (χ0v) is 10.4. The van der Waals surface area contributed by atoms with Gasteiger partial charge in [0.15, 0.2) is 6.10 Å². The maximum Gasteiger partial charge on any atom is 0.312 e. The lowest BCUT2D eigenvalue weighted by Gasteiger charge is -2.22. The average molecular weight is 324 g/mol. The molecule has 3 aliphatic rings. The van der Waals surface area contributed by atoms with Crippen molar-refractivity contribution in [1.82, 2.24) is 0 Å². The lowest BCUT2D eigenvalue weighted by molar-refractivity contribution is -0.146. The number of alkyl halides is 1. The monoisotopic (exact) mass is 324 g/mol. The molecule has 2 bridgehead atoms. The standard InChI is InChI=1S/C10H13IO4/c11-2-1-3-13-8-6-4-5-7(14-6)9(8)15-10(5)12/h5-9H,1-4H2. The summed E-state index contributed by atoms with van der Waals surface area (Å²) in [6.45, 7) is 0.735. The normalized spacial score (nSPS) is 46.2. The summed E-state index contributed by atoms with van der Waals surface area (Å²) in [5.41, 5.74) is 0. The van der Waals surface area contributed by atoms with Crippen LogP contribution in [0.15, 0.2) is 0 Å². The van der Waals surface area contributed by atoms with Gasteiger partial charge in [-0.1, -0.05) is 22.6 Å². The van der Waals surface area contributed by atoms with Crippen molar-refractivity contribution < 1.29 is 19.0 Å². The summed E-state index contributed by atoms with van der Waals surface area (Å²) in [4.78, 5) is 11.4. The molecule has 0 N–H and O–H groups in total. The summed E-state index contributed by atoms with van der Waals surface area (Å²) in [5.74, 6) is -0.100. The predicted octanol–water partition coefficient (Wildman–Crippen LogP) is 0.909. The summed E-state index contributed by atoms with van der Waals surface area (Å²) >= 11 is 2.33. The fourth-order valence-electron chi connectivity index (χ4n) is 2.72. The molecule has 0 aliphatic carbocycles. The molecular formula is C10H13IO4. The maximum atomic E-state index is 11.4. The highest BCUT2D eigenvalue weighted by Gasteiger charge is 2.63. The largest absolute Gasteiger partial charge is 0.456 e. The first kappa shape index (κ1) is 10.3. The molecule has 5 atom stereocenters. The third kappa shape index (κ3) is 1.51. The Labute approximate surface area is 102 Å². The molecule has 0 aromatic carbocycles. The quantitative estimate of drug-likeness (QED) is 0.334. The molecule has 4 nitrogen and oxygen atoms in total. The van der Waals surface area contributed by atoms with Gasteiger partial charge in [0, 0.05) is 11.0 Å². The number of ether oxygens (including phenoxy) is 3. The molecule has 0 aromatic rings. The predicted molar refractivity (Wildman–Crippen MR) is 59.9 cm³/mol. The highest BCUT2D eigenvalue weighted by Crippen LogP contribution is 2.47. The van der Waals surface area contributed by atoms with E-state index in [9.17, 15) is 4.79 Å². The van der Waals surface area contributed by atoms with Gasteiger partial charge in [0.25, 0.3) is 0 Å². The van der Waals surface area contributed by atoms with E-state index in [1.54, 1.807) is 0 Å². The van der Waals surface area contributed by atoms with Gasteiger partial charge in [-0.3, -0.25) is 4.79 Å². The fraction of sp³-hybridized carbons (Fsp3) is 0.900. The van der Waals surface area contributed by atoms with Crippen molar-refractivity contribution in [2.75, 3.05) is 11.0 Å². The second kappa shape index (κ2) is 3.85. The fourth-order valence-corrected chi connectivity index (χ4v) is 3.03. The van der Waals surface area contributed by atoms with Crippen molar-refractivity contribution in [2.45, 2.75) is 37.3 Å². The van der Waals surface area contributed by atoms with E-state index >= 15 is 0 Å². The number of hydrogen-bond acceptors (Lipinski definition) is 4. The minimum absolute atomic E-state index is 0.00979. The van der Waals surface area contributed by atoms with E-state index in [4.69, 9.17) is 14.2 Å². The van der Waals surface area contributed by atoms with Crippen LogP contribution in [0, 0.1) is 5.92 Å². The van der Waals surface area contributed by atoms with Gasteiger partial charge in [0.05, 0.1) is 12.0 Å². The molecule has 15 heavy (non-hydrogen) atoms. The van der Waals surface area contributed by atoms with Crippen LogP contribution in [0.5, 0.6) is 0 Å². The summed E-state index contributed by atoms with van der Waals surface area (Å²) in [5, 5.41) is 0. The van der Waals surface area contributed by atoms with E-state index in [0.29, 0.717) is 0 Å². The molecule has 5 heteroatoms. The molecule has 0 amide bonds. The molecule has 0 saturated carbocycles. The molecule has 3 rings (SSSR count). The topological polar surface area (TPSA) is 44.8 Å². The molecular weight excluding hydrogens is 311 g/mol. The number of carbonyl (C=O) groups excluding carboxylic acids is 1. The van der Waals surface area contributed by atoms with E-state index in [1.807, 2.05) is 0 Å². The van der Waals surface area contributed by atoms with Gasteiger partial charge >= 0.3 is 5.97 Å². The van der Waals surface area contributed by atoms with E-state index in [1.165, 1.54) is 0 Å². The van der Waals surface area contributed by atoms with Crippen molar-refractivity contribution in [3.8, 4) is 0 Å². The first-order valence-corrected chi connectivity index (χ1v) is 6.87. The molecule has 0 aromatic heterocycles. The first-order chi connectivity index (χ1) is 7.31. The van der Waals surface area contributed by atoms with Crippen LogP contribution in [-0.4, -0.2) is 41.4 Å². The number of hydrogen-bond donors (Lipinski definition) is 0. The Morgan fingerprint density at radius 1 is 1.47 bits per heavy atom. The number of halogens is 1. The van der Waals surface area contributed by atoms with Gasteiger partial charge < -0.3 is 14.2 Å². The maximum absolute atomic E-state index is 11.4. The highest BCUT2D eigenvalue weighted by atomic mass is 127. The molecule has 0 radical (unpaired) electrons. The Kier molecular flexibility index (Phi) is 2.64. The van der Waals surface area contributed by atoms with Gasteiger partial charge in [0.1, 0.15) is 12.2 Å². The van der Waals surface area contributed by atoms with Crippen LogP contribution in [0.2, 0.25) is 0 Å². The Morgan fingerprint density at radius 3 is 3.13 bits per heavy atom. The molecule has 3 saturated heterocycles. The van der Waals surface area contributed by atoms with E-state index in [2.05, 4.69) is 22.6 Å². The van der Waals surface area contributed by atoms with Crippen molar-refractivity contribution in [3.05, 3.63) is 0 Å². The molecule has 3 heterocycles. The minimum atomic E-state index is -0.129. The number of esters is 1.